The van der Waals surface area contributed by atoms with Gasteiger partial charge in [0.2, 0.25) is 0 Å². The summed E-state index contributed by atoms with van der Waals surface area (Å²) in [6.07, 6.45) is 3.99. The molecule has 1 fully saturated rings. The van der Waals surface area contributed by atoms with Crippen molar-refractivity contribution in [1.29, 1.82) is 5.26 Å². The second kappa shape index (κ2) is 6.07. The lowest BCUT2D eigenvalue weighted by Crippen LogP contribution is -2.41. The first-order valence-electron chi connectivity index (χ1n) is 7.53. The van der Waals surface area contributed by atoms with E-state index in [1.54, 1.807) is 4.90 Å². The van der Waals surface area contributed by atoms with Gasteiger partial charge in [0.15, 0.2) is 0 Å². The Hall–Kier alpha value is -1.54. The maximum Gasteiger partial charge on any atom is 0.410 e. The van der Waals surface area contributed by atoms with Crippen molar-refractivity contribution in [3.63, 3.8) is 0 Å². The number of hydrogen-bond donors (Lipinski definition) is 0. The topological polar surface area (TPSA) is 62.6 Å². The first kappa shape index (κ1) is 15.8. The molecule has 0 bridgehead atoms. The van der Waals surface area contributed by atoms with Crippen LogP contribution in [0.5, 0.6) is 0 Å². The number of carbonyl (C=O) groups is 1. The summed E-state index contributed by atoms with van der Waals surface area (Å²) in [5.74, 6) is 0. The summed E-state index contributed by atoms with van der Waals surface area (Å²) >= 11 is 0. The smallest absolute Gasteiger partial charge is 0.410 e. The van der Waals surface area contributed by atoms with E-state index in [9.17, 15) is 10.1 Å². The Balaban J connectivity index is 2.01. The third-order valence-electron chi connectivity index (χ3n) is 4.04. The predicted molar refractivity (Wildman–Crippen MR) is 78.6 cm³/mol. The molecule has 0 aliphatic carbocycles. The van der Waals surface area contributed by atoms with Crippen LogP contribution in [-0.4, -0.2) is 42.9 Å². The summed E-state index contributed by atoms with van der Waals surface area (Å²) in [6, 6.07) is 2.49. The van der Waals surface area contributed by atoms with Gasteiger partial charge in [-0.05, 0) is 40.0 Å². The molecule has 2 heterocycles. The number of nitriles is 1. The lowest BCUT2D eigenvalue weighted by molar-refractivity contribution is 0.0245. The zero-order chi connectivity index (χ0) is 15.5. The first-order valence-corrected chi connectivity index (χ1v) is 7.53. The molecule has 2 aliphatic rings. The third-order valence-corrected chi connectivity index (χ3v) is 4.04. The van der Waals surface area contributed by atoms with Crippen LogP contribution in [0, 0.1) is 16.7 Å². The van der Waals surface area contributed by atoms with Gasteiger partial charge >= 0.3 is 6.09 Å². The molecule has 0 aromatic carbocycles. The highest BCUT2D eigenvalue weighted by molar-refractivity contribution is 5.68. The number of rotatable bonds is 1. The number of ether oxygens (including phenoxy) is 2. The Bertz CT molecular complexity index is 465. The fourth-order valence-corrected chi connectivity index (χ4v) is 2.82. The summed E-state index contributed by atoms with van der Waals surface area (Å²) in [4.78, 5) is 13.7. The van der Waals surface area contributed by atoms with Crippen LogP contribution in [0.25, 0.3) is 0 Å². The van der Waals surface area contributed by atoms with Crippen molar-refractivity contribution in [1.82, 2.24) is 4.90 Å². The Morgan fingerprint density at radius 2 is 2.10 bits per heavy atom. The van der Waals surface area contributed by atoms with Crippen molar-refractivity contribution in [3.8, 4) is 6.07 Å². The minimum atomic E-state index is -0.477. The Kier molecular flexibility index (Phi) is 4.58. The summed E-state index contributed by atoms with van der Waals surface area (Å²) in [5, 5.41) is 9.57. The van der Waals surface area contributed by atoms with E-state index in [-0.39, 0.29) is 6.09 Å². The van der Waals surface area contributed by atoms with Crippen LogP contribution in [0.1, 0.15) is 40.0 Å². The SMILES string of the molecule is CC(C)(C)OC(=O)N1CC=C(C2(C#N)CCOCC2)CC1. The van der Waals surface area contributed by atoms with Crippen LogP contribution in [0.4, 0.5) is 4.79 Å². The van der Waals surface area contributed by atoms with E-state index in [0.717, 1.165) is 24.8 Å². The fraction of sp³-hybridized carbons (Fsp3) is 0.750. The molecular formula is C16H24N2O3. The average molecular weight is 292 g/mol. The molecule has 5 heteroatoms. The van der Waals surface area contributed by atoms with Gasteiger partial charge in [0.05, 0.1) is 11.5 Å². The van der Waals surface area contributed by atoms with Gasteiger partial charge in [-0.25, -0.2) is 4.79 Å². The van der Waals surface area contributed by atoms with Crippen LogP contribution in [0.15, 0.2) is 11.6 Å². The third kappa shape index (κ3) is 3.76. The molecule has 1 saturated heterocycles. The Morgan fingerprint density at radius 3 is 2.57 bits per heavy atom. The zero-order valence-electron chi connectivity index (χ0n) is 13.1. The molecule has 0 radical (unpaired) electrons. The number of nitrogens with zero attached hydrogens (tertiary/aromatic N) is 2. The van der Waals surface area contributed by atoms with Crippen LogP contribution < -0.4 is 0 Å². The molecular weight excluding hydrogens is 268 g/mol. The summed E-state index contributed by atoms with van der Waals surface area (Å²) in [6.45, 7) is 8.01. The average Bonchev–Trinajstić information content (AvgIpc) is 2.46. The quantitative estimate of drug-likeness (QED) is 0.697. The van der Waals surface area contributed by atoms with Crippen molar-refractivity contribution in [2.75, 3.05) is 26.3 Å². The van der Waals surface area contributed by atoms with E-state index in [1.165, 1.54) is 0 Å². The van der Waals surface area contributed by atoms with Gasteiger partial charge in [0.1, 0.15) is 5.60 Å². The van der Waals surface area contributed by atoms with E-state index in [2.05, 4.69) is 6.07 Å². The molecule has 0 N–H and O–H groups in total. The normalized spacial score (nSPS) is 22.2. The molecule has 1 amide bonds. The van der Waals surface area contributed by atoms with E-state index >= 15 is 0 Å². The molecule has 0 aromatic rings. The lowest BCUT2D eigenvalue weighted by Gasteiger charge is -2.37. The Labute approximate surface area is 126 Å². The molecule has 0 spiro atoms. The first-order chi connectivity index (χ1) is 9.86. The van der Waals surface area contributed by atoms with Crippen LogP contribution in [0.3, 0.4) is 0 Å². The van der Waals surface area contributed by atoms with Crippen molar-refractivity contribution in [2.45, 2.75) is 45.6 Å². The molecule has 0 unspecified atom stereocenters. The Morgan fingerprint density at radius 1 is 1.43 bits per heavy atom. The summed E-state index contributed by atoms with van der Waals surface area (Å²) in [7, 11) is 0. The van der Waals surface area contributed by atoms with Gasteiger partial charge in [-0.1, -0.05) is 11.6 Å². The van der Waals surface area contributed by atoms with E-state index in [0.29, 0.717) is 26.3 Å². The number of amides is 1. The summed E-state index contributed by atoms with van der Waals surface area (Å²) < 4.78 is 10.8. The molecule has 5 nitrogen and oxygen atoms in total. The molecule has 0 saturated carbocycles. The number of carbonyl (C=O) groups excluding carboxylic acids is 1. The minimum absolute atomic E-state index is 0.282. The minimum Gasteiger partial charge on any atom is -0.444 e. The van der Waals surface area contributed by atoms with E-state index in [4.69, 9.17) is 9.47 Å². The van der Waals surface area contributed by atoms with Crippen molar-refractivity contribution >= 4 is 6.09 Å². The van der Waals surface area contributed by atoms with Crippen molar-refractivity contribution in [3.05, 3.63) is 11.6 Å². The van der Waals surface area contributed by atoms with Crippen LogP contribution >= 0.6 is 0 Å². The zero-order valence-corrected chi connectivity index (χ0v) is 13.1. The summed E-state index contributed by atoms with van der Waals surface area (Å²) in [5.41, 5.74) is 0.293. The van der Waals surface area contributed by atoms with Crippen molar-refractivity contribution in [2.24, 2.45) is 5.41 Å². The standard InChI is InChI=1S/C16H24N2O3/c1-15(2,3)21-14(19)18-8-4-13(5-9-18)16(12-17)6-10-20-11-7-16/h4H,5-11H2,1-3H3. The molecule has 2 aliphatic heterocycles. The van der Waals surface area contributed by atoms with E-state index in [1.807, 2.05) is 26.8 Å². The van der Waals surface area contributed by atoms with Crippen molar-refractivity contribution < 1.29 is 14.3 Å². The van der Waals surface area contributed by atoms with Gasteiger partial charge in [0, 0.05) is 26.3 Å². The predicted octanol–water partition coefficient (Wildman–Crippen LogP) is 2.87. The van der Waals surface area contributed by atoms with Gasteiger partial charge < -0.3 is 14.4 Å². The molecule has 21 heavy (non-hydrogen) atoms. The van der Waals surface area contributed by atoms with Crippen LogP contribution in [0.2, 0.25) is 0 Å². The highest BCUT2D eigenvalue weighted by atomic mass is 16.6. The van der Waals surface area contributed by atoms with Crippen LogP contribution in [-0.2, 0) is 9.47 Å². The molecule has 116 valence electrons. The lowest BCUT2D eigenvalue weighted by atomic mass is 9.73. The fourth-order valence-electron chi connectivity index (χ4n) is 2.82. The van der Waals surface area contributed by atoms with Gasteiger partial charge in [-0.3, -0.25) is 0 Å². The highest BCUT2D eigenvalue weighted by Crippen LogP contribution is 2.40. The van der Waals surface area contributed by atoms with E-state index < -0.39 is 11.0 Å². The molecule has 2 rings (SSSR count). The maximum absolute atomic E-state index is 12.0. The van der Waals surface area contributed by atoms with Gasteiger partial charge in [-0.2, -0.15) is 5.26 Å². The number of hydrogen-bond acceptors (Lipinski definition) is 4. The van der Waals surface area contributed by atoms with Gasteiger partial charge in [0.25, 0.3) is 0 Å². The second-order valence-corrected chi connectivity index (χ2v) is 6.71. The maximum atomic E-state index is 12.0. The largest absolute Gasteiger partial charge is 0.444 e. The monoisotopic (exact) mass is 292 g/mol. The van der Waals surface area contributed by atoms with Gasteiger partial charge in [-0.15, -0.1) is 0 Å². The molecule has 0 aromatic heterocycles. The second-order valence-electron chi connectivity index (χ2n) is 6.71. The molecule has 0 atom stereocenters. The highest BCUT2D eigenvalue weighted by Gasteiger charge is 2.38.